The van der Waals surface area contributed by atoms with Crippen LogP contribution >= 0.6 is 0 Å². The monoisotopic (exact) mass is 291 g/mol. The fourth-order valence-electron chi connectivity index (χ4n) is 2.41. The molecule has 3 aromatic rings. The number of aryl methyl sites for hydroxylation is 1. The summed E-state index contributed by atoms with van der Waals surface area (Å²) in [5.74, 6) is 1.16. The van der Waals surface area contributed by atoms with Gasteiger partial charge in [-0.3, -0.25) is 0 Å². The second kappa shape index (κ2) is 7.14. The highest BCUT2D eigenvalue weighted by atomic mass is 32.2. The Kier molecular flexibility index (Phi) is 4.75. The van der Waals surface area contributed by atoms with Crippen molar-refractivity contribution >= 4 is 10.9 Å². The summed E-state index contributed by atoms with van der Waals surface area (Å²) in [6.07, 6.45) is 1.12. The minimum absolute atomic E-state index is 0.148. The lowest BCUT2D eigenvalue weighted by atomic mass is 10.2. The van der Waals surface area contributed by atoms with Gasteiger partial charge >= 0.3 is 0 Å². The summed E-state index contributed by atoms with van der Waals surface area (Å²) in [4.78, 5) is 2.86. The molecule has 3 rings (SSSR count). The highest BCUT2D eigenvalue weighted by molar-refractivity contribution is 7.97. The fourth-order valence-corrected chi connectivity index (χ4v) is 4.56. The van der Waals surface area contributed by atoms with E-state index in [9.17, 15) is 0 Å². The molecule has 0 bridgehead atoms. The molecule has 0 amide bonds. The van der Waals surface area contributed by atoms with Crippen molar-refractivity contribution in [1.29, 1.82) is 0 Å². The zero-order chi connectivity index (χ0) is 14.3. The van der Waals surface area contributed by atoms with Gasteiger partial charge in [0.05, 0.1) is 10.9 Å². The van der Waals surface area contributed by atoms with Crippen molar-refractivity contribution in [3.8, 4) is 0 Å². The van der Waals surface area contributed by atoms with Gasteiger partial charge < -0.3 is 0 Å². The first kappa shape index (κ1) is 14.0. The normalized spacial score (nSPS) is 10.7. The molecule has 0 spiro atoms. The van der Waals surface area contributed by atoms with E-state index >= 15 is 0 Å². The van der Waals surface area contributed by atoms with E-state index in [1.165, 1.54) is 15.4 Å². The molecular formula is C20H19S+. The largest absolute Gasteiger partial charge is 0.160 e. The van der Waals surface area contributed by atoms with Gasteiger partial charge in [-0.25, -0.2) is 0 Å². The van der Waals surface area contributed by atoms with Crippen molar-refractivity contribution < 1.29 is 0 Å². The SMILES string of the molecule is c1ccc(CC[S+](c2ccccc2)c2ccccc2)cc1. The second-order valence-electron chi connectivity index (χ2n) is 4.96. The van der Waals surface area contributed by atoms with Gasteiger partial charge in [-0.1, -0.05) is 66.7 Å². The molecule has 21 heavy (non-hydrogen) atoms. The lowest BCUT2D eigenvalue weighted by Gasteiger charge is -2.08. The van der Waals surface area contributed by atoms with Crippen LogP contribution in [-0.2, 0) is 17.3 Å². The predicted molar refractivity (Wildman–Crippen MR) is 91.8 cm³/mol. The third-order valence-electron chi connectivity index (χ3n) is 3.49. The van der Waals surface area contributed by atoms with Gasteiger partial charge in [0.25, 0.3) is 0 Å². The third kappa shape index (κ3) is 3.77. The third-order valence-corrected chi connectivity index (χ3v) is 5.79. The van der Waals surface area contributed by atoms with Crippen LogP contribution in [0.5, 0.6) is 0 Å². The highest BCUT2D eigenvalue weighted by Gasteiger charge is 2.24. The van der Waals surface area contributed by atoms with Gasteiger partial charge in [0.2, 0.25) is 0 Å². The number of hydrogen-bond acceptors (Lipinski definition) is 0. The Bertz CT molecular complexity index is 608. The molecule has 0 aliphatic carbocycles. The molecule has 0 aliphatic heterocycles. The average Bonchev–Trinajstić information content (AvgIpc) is 2.58. The van der Waals surface area contributed by atoms with Crippen LogP contribution in [0, 0.1) is 0 Å². The van der Waals surface area contributed by atoms with E-state index < -0.39 is 0 Å². The molecule has 0 saturated carbocycles. The maximum absolute atomic E-state index is 2.25. The summed E-state index contributed by atoms with van der Waals surface area (Å²) >= 11 is 0. The molecule has 1 heteroatoms. The lowest BCUT2D eigenvalue weighted by molar-refractivity contribution is 1.14. The number of benzene rings is 3. The van der Waals surface area contributed by atoms with Crippen molar-refractivity contribution in [3.05, 3.63) is 96.6 Å². The molecule has 0 nitrogen and oxygen atoms in total. The first-order valence-corrected chi connectivity index (χ1v) is 8.68. The van der Waals surface area contributed by atoms with Gasteiger partial charge in [0.15, 0.2) is 9.79 Å². The van der Waals surface area contributed by atoms with Gasteiger partial charge in [0.1, 0.15) is 5.75 Å². The van der Waals surface area contributed by atoms with Gasteiger partial charge in [-0.15, -0.1) is 0 Å². The summed E-state index contributed by atoms with van der Waals surface area (Å²) in [7, 11) is 0.148. The zero-order valence-corrected chi connectivity index (χ0v) is 12.8. The molecule has 0 N–H and O–H groups in total. The molecule has 104 valence electrons. The smallest absolute Gasteiger partial charge is 0.0622 e. The van der Waals surface area contributed by atoms with Crippen LogP contribution < -0.4 is 0 Å². The Balaban J connectivity index is 1.83. The van der Waals surface area contributed by atoms with E-state index in [2.05, 4.69) is 91.0 Å². The van der Waals surface area contributed by atoms with Crippen LogP contribution in [-0.4, -0.2) is 5.75 Å². The number of hydrogen-bond donors (Lipinski definition) is 0. The Morgan fingerprint density at radius 2 is 0.952 bits per heavy atom. The molecule has 0 aromatic heterocycles. The predicted octanol–water partition coefficient (Wildman–Crippen LogP) is 4.97. The number of rotatable bonds is 5. The molecule has 0 radical (unpaired) electrons. The highest BCUT2D eigenvalue weighted by Crippen LogP contribution is 2.24. The second-order valence-corrected chi connectivity index (χ2v) is 7.09. The van der Waals surface area contributed by atoms with Crippen molar-refractivity contribution in [2.45, 2.75) is 16.2 Å². The summed E-state index contributed by atoms with van der Waals surface area (Å²) in [5, 5.41) is 0. The van der Waals surface area contributed by atoms with E-state index in [1.807, 2.05) is 0 Å². The van der Waals surface area contributed by atoms with Crippen LogP contribution in [0.4, 0.5) is 0 Å². The van der Waals surface area contributed by atoms with Crippen molar-refractivity contribution in [3.63, 3.8) is 0 Å². The first-order chi connectivity index (χ1) is 10.4. The van der Waals surface area contributed by atoms with Crippen molar-refractivity contribution in [1.82, 2.24) is 0 Å². The van der Waals surface area contributed by atoms with E-state index in [4.69, 9.17) is 0 Å². The van der Waals surface area contributed by atoms with Gasteiger partial charge in [-0.05, 0) is 29.8 Å². The molecule has 0 fully saturated rings. The molecule has 0 atom stereocenters. The van der Waals surface area contributed by atoms with E-state index in [0.29, 0.717) is 0 Å². The first-order valence-electron chi connectivity index (χ1n) is 7.28. The summed E-state index contributed by atoms with van der Waals surface area (Å²) in [6, 6.07) is 32.5. The van der Waals surface area contributed by atoms with Crippen LogP contribution in [0.2, 0.25) is 0 Å². The van der Waals surface area contributed by atoms with Crippen LogP contribution in [0.15, 0.2) is 101 Å². The summed E-state index contributed by atoms with van der Waals surface area (Å²) in [6.45, 7) is 0. The summed E-state index contributed by atoms with van der Waals surface area (Å²) < 4.78 is 0. The minimum Gasteiger partial charge on any atom is -0.0622 e. The Morgan fingerprint density at radius 1 is 0.524 bits per heavy atom. The summed E-state index contributed by atoms with van der Waals surface area (Å²) in [5.41, 5.74) is 1.42. The molecule has 0 unspecified atom stereocenters. The topological polar surface area (TPSA) is 0 Å². The van der Waals surface area contributed by atoms with Crippen LogP contribution in [0.3, 0.4) is 0 Å². The Hall–Kier alpha value is -1.99. The minimum atomic E-state index is 0.148. The zero-order valence-electron chi connectivity index (χ0n) is 12.0. The van der Waals surface area contributed by atoms with Gasteiger partial charge in [-0.2, -0.15) is 0 Å². The van der Waals surface area contributed by atoms with Crippen molar-refractivity contribution in [2.75, 3.05) is 5.75 Å². The standard InChI is InChI=1S/C20H19S/c1-4-10-18(11-5-1)16-17-21(19-12-6-2-7-13-19)20-14-8-3-9-15-20/h1-15H,16-17H2/q+1. The Morgan fingerprint density at radius 3 is 1.43 bits per heavy atom. The van der Waals surface area contributed by atoms with Crippen LogP contribution in [0.1, 0.15) is 5.56 Å². The molecule has 3 aromatic carbocycles. The van der Waals surface area contributed by atoms with Gasteiger partial charge in [0, 0.05) is 6.42 Å². The molecule has 0 saturated heterocycles. The average molecular weight is 291 g/mol. The molecular weight excluding hydrogens is 272 g/mol. The van der Waals surface area contributed by atoms with Crippen LogP contribution in [0.25, 0.3) is 0 Å². The lowest BCUT2D eigenvalue weighted by Crippen LogP contribution is -2.11. The molecule has 0 aliphatic rings. The van der Waals surface area contributed by atoms with E-state index in [0.717, 1.165) is 12.2 Å². The fraction of sp³-hybridized carbons (Fsp3) is 0.100. The van der Waals surface area contributed by atoms with E-state index in [-0.39, 0.29) is 10.9 Å². The quantitative estimate of drug-likeness (QED) is 0.582. The maximum atomic E-state index is 2.25. The maximum Gasteiger partial charge on any atom is 0.160 e. The van der Waals surface area contributed by atoms with E-state index in [1.54, 1.807) is 0 Å². The Labute approximate surface area is 129 Å². The molecule has 0 heterocycles. The van der Waals surface area contributed by atoms with Crippen molar-refractivity contribution in [2.24, 2.45) is 0 Å².